The zero-order valence-electron chi connectivity index (χ0n) is 9.06. The number of hydrogen-bond acceptors (Lipinski definition) is 2. The molecule has 0 aliphatic rings. The van der Waals surface area contributed by atoms with Gasteiger partial charge in [0.15, 0.2) is 11.6 Å². The smallest absolute Gasteiger partial charge is 0.357 e. The van der Waals surface area contributed by atoms with Gasteiger partial charge in [0.25, 0.3) is 0 Å². The third-order valence-corrected chi connectivity index (χ3v) is 2.47. The van der Waals surface area contributed by atoms with Gasteiger partial charge in [-0.05, 0) is 6.07 Å². The molecule has 0 atom stereocenters. The van der Waals surface area contributed by atoms with E-state index >= 15 is 0 Å². The SMILES string of the molecule is CN(CCC(F)(F)F)c1nccc(CCl)c1F. The molecule has 2 nitrogen and oxygen atoms in total. The van der Waals surface area contributed by atoms with Gasteiger partial charge in [0.05, 0.1) is 12.3 Å². The molecule has 1 aromatic heterocycles. The van der Waals surface area contributed by atoms with Gasteiger partial charge in [-0.3, -0.25) is 0 Å². The molecule has 17 heavy (non-hydrogen) atoms. The van der Waals surface area contributed by atoms with Crippen LogP contribution in [0.2, 0.25) is 0 Å². The van der Waals surface area contributed by atoms with Crippen molar-refractivity contribution in [3.05, 3.63) is 23.6 Å². The minimum absolute atomic E-state index is 0.0472. The molecular formula is C10H11ClF4N2. The monoisotopic (exact) mass is 270 g/mol. The van der Waals surface area contributed by atoms with E-state index in [0.717, 1.165) is 4.90 Å². The van der Waals surface area contributed by atoms with Crippen LogP contribution in [0.5, 0.6) is 0 Å². The molecule has 0 saturated carbocycles. The van der Waals surface area contributed by atoms with Gasteiger partial charge >= 0.3 is 6.18 Å². The van der Waals surface area contributed by atoms with Crippen LogP contribution in [-0.4, -0.2) is 24.8 Å². The Bertz CT molecular complexity index is 381. The number of halogens is 5. The van der Waals surface area contributed by atoms with Crippen molar-refractivity contribution in [2.45, 2.75) is 18.5 Å². The second-order valence-electron chi connectivity index (χ2n) is 3.53. The lowest BCUT2D eigenvalue weighted by Gasteiger charge is -2.20. The average molecular weight is 271 g/mol. The summed E-state index contributed by atoms with van der Waals surface area (Å²) in [7, 11) is 1.36. The number of alkyl halides is 4. The summed E-state index contributed by atoms with van der Waals surface area (Å²) in [5.41, 5.74) is 0.218. The van der Waals surface area contributed by atoms with E-state index < -0.39 is 18.4 Å². The van der Waals surface area contributed by atoms with E-state index in [4.69, 9.17) is 11.6 Å². The predicted octanol–water partition coefficient (Wildman–Crippen LogP) is 3.35. The van der Waals surface area contributed by atoms with Crippen LogP contribution in [0.15, 0.2) is 12.3 Å². The van der Waals surface area contributed by atoms with Crippen LogP contribution in [0.4, 0.5) is 23.4 Å². The third-order valence-electron chi connectivity index (χ3n) is 2.19. The number of rotatable bonds is 4. The molecule has 1 rings (SSSR count). The van der Waals surface area contributed by atoms with Crippen molar-refractivity contribution in [2.24, 2.45) is 0 Å². The van der Waals surface area contributed by atoms with Gasteiger partial charge in [0.2, 0.25) is 0 Å². The van der Waals surface area contributed by atoms with Gasteiger partial charge < -0.3 is 4.90 Å². The van der Waals surface area contributed by atoms with Crippen molar-refractivity contribution in [1.82, 2.24) is 4.98 Å². The van der Waals surface area contributed by atoms with E-state index in [-0.39, 0.29) is 23.8 Å². The van der Waals surface area contributed by atoms with E-state index in [2.05, 4.69) is 4.98 Å². The lowest BCUT2D eigenvalue weighted by atomic mass is 10.2. The van der Waals surface area contributed by atoms with E-state index in [1.165, 1.54) is 19.3 Å². The van der Waals surface area contributed by atoms with Crippen LogP contribution in [-0.2, 0) is 5.88 Å². The highest BCUT2D eigenvalue weighted by Gasteiger charge is 2.28. The summed E-state index contributed by atoms with van der Waals surface area (Å²) in [6.07, 6.45) is -3.97. The van der Waals surface area contributed by atoms with Crippen molar-refractivity contribution in [2.75, 3.05) is 18.5 Å². The fourth-order valence-electron chi connectivity index (χ4n) is 1.24. The van der Waals surface area contributed by atoms with Crippen LogP contribution in [0.25, 0.3) is 0 Å². The van der Waals surface area contributed by atoms with Crippen molar-refractivity contribution in [3.63, 3.8) is 0 Å². The molecule has 0 radical (unpaired) electrons. The standard InChI is InChI=1S/C10H11ClF4N2/c1-17(5-3-10(13,14)15)9-8(12)7(6-11)2-4-16-9/h2,4H,3,5-6H2,1H3. The maximum Gasteiger partial charge on any atom is 0.390 e. The molecule has 96 valence electrons. The molecule has 0 bridgehead atoms. The minimum Gasteiger partial charge on any atom is -0.357 e. The zero-order chi connectivity index (χ0) is 13.1. The van der Waals surface area contributed by atoms with Crippen molar-refractivity contribution in [3.8, 4) is 0 Å². The summed E-state index contributed by atoms with van der Waals surface area (Å²) in [6, 6.07) is 1.39. The Morgan fingerprint density at radius 3 is 2.59 bits per heavy atom. The number of anilines is 1. The first-order valence-electron chi connectivity index (χ1n) is 4.82. The van der Waals surface area contributed by atoms with Gasteiger partial charge in [-0.25, -0.2) is 9.37 Å². The largest absolute Gasteiger partial charge is 0.390 e. The Hall–Kier alpha value is -1.04. The van der Waals surface area contributed by atoms with Crippen molar-refractivity contribution < 1.29 is 17.6 Å². The molecule has 0 amide bonds. The second kappa shape index (κ2) is 5.53. The first-order chi connectivity index (χ1) is 7.85. The lowest BCUT2D eigenvalue weighted by Crippen LogP contribution is -2.25. The Labute approximate surface area is 101 Å². The molecule has 1 heterocycles. The molecule has 0 saturated heterocycles. The maximum atomic E-state index is 13.7. The number of hydrogen-bond donors (Lipinski definition) is 0. The second-order valence-corrected chi connectivity index (χ2v) is 3.80. The summed E-state index contributed by atoms with van der Waals surface area (Å²) in [6.45, 7) is -0.348. The molecule has 0 N–H and O–H groups in total. The van der Waals surface area contributed by atoms with E-state index in [1.807, 2.05) is 0 Å². The van der Waals surface area contributed by atoms with Crippen LogP contribution in [0.1, 0.15) is 12.0 Å². The fraction of sp³-hybridized carbons (Fsp3) is 0.500. The molecule has 0 fully saturated rings. The van der Waals surface area contributed by atoms with Crippen molar-refractivity contribution in [1.29, 1.82) is 0 Å². The first kappa shape index (κ1) is 14.0. The van der Waals surface area contributed by atoms with Gasteiger partial charge in [-0.1, -0.05) is 0 Å². The van der Waals surface area contributed by atoms with Gasteiger partial charge in [0.1, 0.15) is 0 Å². The molecule has 7 heteroatoms. The number of aromatic nitrogens is 1. The summed E-state index contributed by atoms with van der Waals surface area (Å²) >= 11 is 5.49. The Morgan fingerprint density at radius 2 is 2.06 bits per heavy atom. The molecule has 1 aromatic rings. The Morgan fingerprint density at radius 1 is 1.41 bits per heavy atom. The predicted molar refractivity (Wildman–Crippen MR) is 57.7 cm³/mol. The van der Waals surface area contributed by atoms with Gasteiger partial charge in [-0.15, -0.1) is 11.6 Å². The van der Waals surface area contributed by atoms with Crippen LogP contribution < -0.4 is 4.90 Å². The number of nitrogens with zero attached hydrogens (tertiary/aromatic N) is 2. The minimum atomic E-state index is -4.27. The number of pyridine rings is 1. The summed E-state index contributed by atoms with van der Waals surface area (Å²) in [5, 5.41) is 0. The highest BCUT2D eigenvalue weighted by atomic mass is 35.5. The Balaban J connectivity index is 2.79. The molecule has 0 spiro atoms. The van der Waals surface area contributed by atoms with E-state index in [0.29, 0.717) is 0 Å². The molecular weight excluding hydrogens is 260 g/mol. The fourth-order valence-corrected chi connectivity index (χ4v) is 1.45. The maximum absolute atomic E-state index is 13.7. The molecule has 0 aromatic carbocycles. The average Bonchev–Trinajstić information content (AvgIpc) is 2.25. The zero-order valence-corrected chi connectivity index (χ0v) is 9.82. The van der Waals surface area contributed by atoms with Crippen molar-refractivity contribution >= 4 is 17.4 Å². The highest BCUT2D eigenvalue weighted by Crippen LogP contribution is 2.23. The summed E-state index contributed by atoms with van der Waals surface area (Å²) in [4.78, 5) is 4.84. The quantitative estimate of drug-likeness (QED) is 0.616. The summed E-state index contributed by atoms with van der Waals surface area (Å²) in [5.74, 6) is -0.839. The molecule has 0 aliphatic heterocycles. The molecule has 0 aliphatic carbocycles. The van der Waals surface area contributed by atoms with Crippen LogP contribution in [0, 0.1) is 5.82 Å². The topological polar surface area (TPSA) is 16.1 Å². The van der Waals surface area contributed by atoms with E-state index in [9.17, 15) is 17.6 Å². The molecule has 0 unspecified atom stereocenters. The normalized spacial score (nSPS) is 11.6. The Kier molecular flexibility index (Phi) is 4.56. The van der Waals surface area contributed by atoms with Gasteiger partial charge in [-0.2, -0.15) is 13.2 Å². The van der Waals surface area contributed by atoms with Crippen LogP contribution >= 0.6 is 11.6 Å². The summed E-state index contributed by atoms with van der Waals surface area (Å²) < 4.78 is 49.7. The lowest BCUT2D eigenvalue weighted by molar-refractivity contribution is -0.132. The van der Waals surface area contributed by atoms with Crippen LogP contribution in [0.3, 0.4) is 0 Å². The third kappa shape index (κ3) is 4.03. The van der Waals surface area contributed by atoms with Gasteiger partial charge in [0, 0.05) is 25.4 Å². The highest BCUT2D eigenvalue weighted by molar-refractivity contribution is 6.17. The van der Waals surface area contributed by atoms with E-state index in [1.54, 1.807) is 0 Å². The first-order valence-corrected chi connectivity index (χ1v) is 5.36.